The minimum absolute atomic E-state index is 0.0822. The second-order valence-corrected chi connectivity index (χ2v) is 4.09. The average molecular weight is 187 g/mol. The van der Waals surface area contributed by atoms with Crippen molar-refractivity contribution in [2.24, 2.45) is 11.7 Å². The second-order valence-electron chi connectivity index (χ2n) is 4.09. The van der Waals surface area contributed by atoms with E-state index in [4.69, 9.17) is 15.2 Å². The number of ether oxygens (including phenoxy) is 2. The molecule has 1 heterocycles. The molecule has 13 heavy (non-hydrogen) atoms. The molecule has 0 aromatic rings. The molecule has 0 aromatic heterocycles. The molecule has 0 bridgehead atoms. The van der Waals surface area contributed by atoms with Gasteiger partial charge in [0.05, 0.1) is 12.2 Å². The van der Waals surface area contributed by atoms with E-state index in [0.29, 0.717) is 5.92 Å². The van der Waals surface area contributed by atoms with Crippen molar-refractivity contribution in [3.8, 4) is 0 Å². The zero-order valence-electron chi connectivity index (χ0n) is 8.82. The van der Waals surface area contributed by atoms with Crippen LogP contribution in [0.15, 0.2) is 0 Å². The Balaban J connectivity index is 2.55. The average Bonchev–Trinajstić information content (AvgIpc) is 2.09. The first-order valence-corrected chi connectivity index (χ1v) is 5.06. The Morgan fingerprint density at radius 1 is 1.46 bits per heavy atom. The zero-order valence-corrected chi connectivity index (χ0v) is 8.82. The summed E-state index contributed by atoms with van der Waals surface area (Å²) < 4.78 is 11.1. The van der Waals surface area contributed by atoms with Crippen LogP contribution in [0.2, 0.25) is 0 Å². The minimum Gasteiger partial charge on any atom is -0.378 e. The van der Waals surface area contributed by atoms with Crippen molar-refractivity contribution in [3.05, 3.63) is 0 Å². The molecular weight excluding hydrogens is 166 g/mol. The maximum absolute atomic E-state index is 5.99. The lowest BCUT2D eigenvalue weighted by Crippen LogP contribution is -2.50. The molecule has 0 amide bonds. The van der Waals surface area contributed by atoms with E-state index in [1.165, 1.54) is 0 Å². The molecule has 1 aliphatic rings. The van der Waals surface area contributed by atoms with E-state index in [-0.39, 0.29) is 18.2 Å². The molecule has 1 saturated heterocycles. The van der Waals surface area contributed by atoms with Crippen molar-refractivity contribution in [3.63, 3.8) is 0 Å². The fraction of sp³-hybridized carbons (Fsp3) is 1.00. The smallest absolute Gasteiger partial charge is 0.0989 e. The van der Waals surface area contributed by atoms with E-state index >= 15 is 0 Å². The summed E-state index contributed by atoms with van der Waals surface area (Å²) in [6.45, 7) is 5.10. The molecule has 1 fully saturated rings. The molecule has 1 aliphatic heterocycles. The third kappa shape index (κ3) is 2.66. The monoisotopic (exact) mass is 187 g/mol. The van der Waals surface area contributed by atoms with Crippen LogP contribution in [-0.2, 0) is 9.47 Å². The Kier molecular flexibility index (Phi) is 4.16. The van der Waals surface area contributed by atoms with Crippen LogP contribution in [0.3, 0.4) is 0 Å². The number of rotatable bonds is 3. The Hall–Kier alpha value is -0.120. The van der Waals surface area contributed by atoms with Crippen LogP contribution >= 0.6 is 0 Å². The number of methoxy groups -OCH3 is 1. The Morgan fingerprint density at radius 3 is 2.62 bits per heavy atom. The molecule has 78 valence electrons. The Labute approximate surface area is 80.6 Å². The Bertz CT molecular complexity index is 150. The quantitative estimate of drug-likeness (QED) is 0.721. The van der Waals surface area contributed by atoms with E-state index in [0.717, 1.165) is 19.4 Å². The summed E-state index contributed by atoms with van der Waals surface area (Å²) in [6.07, 6.45) is 2.35. The molecule has 1 rings (SSSR count). The predicted molar refractivity (Wildman–Crippen MR) is 52.6 cm³/mol. The van der Waals surface area contributed by atoms with E-state index in [1.807, 2.05) is 0 Å². The Morgan fingerprint density at radius 2 is 2.15 bits per heavy atom. The molecule has 3 heteroatoms. The topological polar surface area (TPSA) is 44.5 Å². The van der Waals surface area contributed by atoms with Gasteiger partial charge in [0.1, 0.15) is 0 Å². The maximum atomic E-state index is 5.99. The van der Waals surface area contributed by atoms with Gasteiger partial charge in [-0.25, -0.2) is 0 Å². The van der Waals surface area contributed by atoms with Crippen LogP contribution < -0.4 is 5.73 Å². The van der Waals surface area contributed by atoms with Gasteiger partial charge >= 0.3 is 0 Å². The van der Waals surface area contributed by atoms with Gasteiger partial charge in [0.15, 0.2) is 0 Å². The van der Waals surface area contributed by atoms with Crippen molar-refractivity contribution >= 4 is 0 Å². The van der Waals surface area contributed by atoms with Gasteiger partial charge in [0, 0.05) is 19.8 Å². The molecule has 3 unspecified atom stereocenters. The summed E-state index contributed by atoms with van der Waals surface area (Å²) in [6, 6.07) is 0.140. The normalized spacial score (nSPS) is 32.1. The van der Waals surface area contributed by atoms with Gasteiger partial charge in [-0.3, -0.25) is 0 Å². The summed E-state index contributed by atoms with van der Waals surface area (Å²) in [5.74, 6) is 0.458. The molecule has 0 aromatic carbocycles. The van der Waals surface area contributed by atoms with Gasteiger partial charge in [-0.05, 0) is 18.8 Å². The van der Waals surface area contributed by atoms with Crippen LogP contribution in [0.25, 0.3) is 0 Å². The van der Waals surface area contributed by atoms with Gasteiger partial charge in [0.2, 0.25) is 0 Å². The van der Waals surface area contributed by atoms with Gasteiger partial charge < -0.3 is 15.2 Å². The van der Waals surface area contributed by atoms with Gasteiger partial charge in [-0.2, -0.15) is 0 Å². The highest BCUT2D eigenvalue weighted by Crippen LogP contribution is 2.21. The highest BCUT2D eigenvalue weighted by Gasteiger charge is 2.32. The molecule has 2 N–H and O–H groups in total. The first kappa shape index (κ1) is 11.0. The van der Waals surface area contributed by atoms with E-state index < -0.39 is 0 Å². The number of hydrogen-bond donors (Lipinski definition) is 1. The lowest BCUT2D eigenvalue weighted by molar-refractivity contribution is -0.103. The van der Waals surface area contributed by atoms with Crippen molar-refractivity contribution < 1.29 is 9.47 Å². The fourth-order valence-electron chi connectivity index (χ4n) is 1.95. The largest absolute Gasteiger partial charge is 0.378 e. The molecule has 3 nitrogen and oxygen atoms in total. The highest BCUT2D eigenvalue weighted by molar-refractivity contribution is 4.85. The minimum atomic E-state index is 0.0822. The van der Waals surface area contributed by atoms with Crippen molar-refractivity contribution in [2.45, 2.75) is 44.9 Å². The van der Waals surface area contributed by atoms with Crippen LogP contribution in [0.1, 0.15) is 26.7 Å². The summed E-state index contributed by atoms with van der Waals surface area (Å²) in [7, 11) is 1.73. The van der Waals surface area contributed by atoms with E-state index in [2.05, 4.69) is 13.8 Å². The van der Waals surface area contributed by atoms with E-state index in [1.54, 1.807) is 7.11 Å². The van der Waals surface area contributed by atoms with Crippen molar-refractivity contribution in [1.29, 1.82) is 0 Å². The second kappa shape index (κ2) is 4.94. The zero-order chi connectivity index (χ0) is 9.84. The van der Waals surface area contributed by atoms with Gasteiger partial charge in [0.25, 0.3) is 0 Å². The summed E-state index contributed by atoms with van der Waals surface area (Å²) in [5.41, 5.74) is 5.99. The SMILES string of the molecule is COC(C(C)C)C1OCCCC1N. The van der Waals surface area contributed by atoms with Crippen LogP contribution in [0.5, 0.6) is 0 Å². The number of nitrogens with two attached hydrogens (primary N) is 1. The highest BCUT2D eigenvalue weighted by atomic mass is 16.5. The van der Waals surface area contributed by atoms with Crippen molar-refractivity contribution in [2.75, 3.05) is 13.7 Å². The first-order valence-electron chi connectivity index (χ1n) is 5.06. The molecule has 0 spiro atoms. The molecule has 0 radical (unpaired) electrons. The third-order valence-corrected chi connectivity index (χ3v) is 2.67. The summed E-state index contributed by atoms with van der Waals surface area (Å²) in [4.78, 5) is 0. The van der Waals surface area contributed by atoms with Gasteiger partial charge in [-0.1, -0.05) is 13.8 Å². The predicted octanol–water partition coefficient (Wildman–Crippen LogP) is 1.16. The van der Waals surface area contributed by atoms with Crippen LogP contribution in [-0.4, -0.2) is 32.0 Å². The lowest BCUT2D eigenvalue weighted by Gasteiger charge is -2.36. The molecule has 0 aliphatic carbocycles. The fourth-order valence-corrected chi connectivity index (χ4v) is 1.95. The maximum Gasteiger partial charge on any atom is 0.0989 e. The summed E-state index contributed by atoms with van der Waals surface area (Å²) in [5, 5.41) is 0. The standard InChI is InChI=1S/C10H21NO2/c1-7(2)9(12-3)10-8(11)5-4-6-13-10/h7-10H,4-6,11H2,1-3H3. The van der Waals surface area contributed by atoms with Crippen molar-refractivity contribution in [1.82, 2.24) is 0 Å². The molecule has 3 atom stereocenters. The first-order chi connectivity index (χ1) is 6.16. The van der Waals surface area contributed by atoms with Gasteiger partial charge in [-0.15, -0.1) is 0 Å². The molecule has 0 saturated carbocycles. The lowest BCUT2D eigenvalue weighted by atomic mass is 9.92. The van der Waals surface area contributed by atoms with E-state index in [9.17, 15) is 0 Å². The summed E-state index contributed by atoms with van der Waals surface area (Å²) >= 11 is 0. The third-order valence-electron chi connectivity index (χ3n) is 2.67. The number of hydrogen-bond acceptors (Lipinski definition) is 3. The van der Waals surface area contributed by atoms with Crippen LogP contribution in [0, 0.1) is 5.92 Å². The van der Waals surface area contributed by atoms with Crippen LogP contribution in [0.4, 0.5) is 0 Å². The molecular formula is C10H21NO2.